The van der Waals surface area contributed by atoms with Gasteiger partial charge in [-0.05, 0) is 62.8 Å². The number of hydrogen-bond donors (Lipinski definition) is 0. The summed E-state index contributed by atoms with van der Waals surface area (Å²) < 4.78 is 20.2. The van der Waals surface area contributed by atoms with Gasteiger partial charge in [-0.25, -0.2) is 4.39 Å². The number of amides is 1. The van der Waals surface area contributed by atoms with E-state index in [4.69, 9.17) is 14.7 Å². The minimum absolute atomic E-state index is 0.0143. The molecule has 8 nitrogen and oxygen atoms in total. The molecular formula is C31H37FN6O2. The van der Waals surface area contributed by atoms with Gasteiger partial charge in [0.1, 0.15) is 18.6 Å². The lowest BCUT2D eigenvalue weighted by Crippen LogP contribution is -2.55. The maximum atomic E-state index is 14.0. The van der Waals surface area contributed by atoms with E-state index in [0.29, 0.717) is 45.2 Å². The Morgan fingerprint density at radius 1 is 1.23 bits per heavy atom. The number of likely N-dealkylation sites (N-methyl/N-ethyl adjacent to an activating group) is 1. The first-order valence-corrected chi connectivity index (χ1v) is 14.4. The van der Waals surface area contributed by atoms with Crippen molar-refractivity contribution in [2.45, 2.75) is 68.6 Å². The van der Waals surface area contributed by atoms with Crippen molar-refractivity contribution < 1.29 is 13.9 Å². The van der Waals surface area contributed by atoms with Crippen molar-refractivity contribution in [2.75, 3.05) is 44.7 Å². The third-order valence-electron chi connectivity index (χ3n) is 9.48. The van der Waals surface area contributed by atoms with E-state index >= 15 is 0 Å². The predicted octanol–water partition coefficient (Wildman–Crippen LogP) is 3.39. The minimum Gasteiger partial charge on any atom is -0.462 e. The van der Waals surface area contributed by atoms with Crippen LogP contribution in [0.1, 0.15) is 48.1 Å². The minimum atomic E-state index is -0.840. The highest BCUT2D eigenvalue weighted by Gasteiger charge is 2.43. The molecule has 210 valence electrons. The highest BCUT2D eigenvalue weighted by molar-refractivity contribution is 5.87. The van der Waals surface area contributed by atoms with Crippen LogP contribution in [0.2, 0.25) is 0 Å². The second-order valence-electron chi connectivity index (χ2n) is 11.8. The van der Waals surface area contributed by atoms with Crippen LogP contribution in [-0.2, 0) is 29.5 Å². The standard InChI is InChI=1S/C31H37FN6O2/c1-3-28(39)38-15-14-37(19-23(38)10-13-33)29-25-9-12-31(11-8-21-6-4-5-7-26(21)31)17-27(25)34-30(35-29)40-20-24-16-22(32)18-36(24)2/h3-7,22-24H,1,8-12,14-20H2,2H3. The first kappa shape index (κ1) is 26.7. The molecule has 40 heavy (non-hydrogen) atoms. The first-order valence-electron chi connectivity index (χ1n) is 14.4. The summed E-state index contributed by atoms with van der Waals surface area (Å²) in [6.07, 6.45) is 6.09. The maximum absolute atomic E-state index is 14.0. The molecule has 1 amide bonds. The molecular weight excluding hydrogens is 507 g/mol. The number of likely N-dealkylation sites (tertiary alicyclic amines) is 1. The van der Waals surface area contributed by atoms with Gasteiger partial charge in [-0.3, -0.25) is 9.69 Å². The van der Waals surface area contributed by atoms with Crippen molar-refractivity contribution in [1.82, 2.24) is 19.8 Å². The Morgan fingerprint density at radius 2 is 2.05 bits per heavy atom. The Balaban J connectivity index is 1.33. The monoisotopic (exact) mass is 544 g/mol. The van der Waals surface area contributed by atoms with Gasteiger partial charge < -0.3 is 14.5 Å². The summed E-state index contributed by atoms with van der Waals surface area (Å²) >= 11 is 0. The zero-order chi connectivity index (χ0) is 27.9. The second kappa shape index (κ2) is 10.8. The molecule has 2 aliphatic carbocycles. The number of nitrogens with zero attached hydrogens (tertiary/aromatic N) is 6. The van der Waals surface area contributed by atoms with Crippen LogP contribution in [0.3, 0.4) is 0 Å². The number of hydrogen-bond acceptors (Lipinski definition) is 7. The summed E-state index contributed by atoms with van der Waals surface area (Å²) in [6, 6.07) is 11.1. The summed E-state index contributed by atoms with van der Waals surface area (Å²) in [7, 11) is 1.92. The zero-order valence-electron chi connectivity index (χ0n) is 23.2. The van der Waals surface area contributed by atoms with E-state index in [-0.39, 0.29) is 29.8 Å². The number of ether oxygens (including phenoxy) is 1. The summed E-state index contributed by atoms with van der Waals surface area (Å²) in [4.78, 5) is 28.3. The van der Waals surface area contributed by atoms with Crippen molar-refractivity contribution in [3.63, 3.8) is 0 Å². The van der Waals surface area contributed by atoms with E-state index < -0.39 is 6.17 Å². The number of anilines is 1. The molecule has 0 saturated carbocycles. The number of rotatable bonds is 6. The van der Waals surface area contributed by atoms with Crippen LogP contribution in [0.4, 0.5) is 10.2 Å². The topological polar surface area (TPSA) is 85.6 Å². The third-order valence-corrected chi connectivity index (χ3v) is 9.48. The number of nitriles is 1. The molecule has 4 aliphatic rings. The molecule has 1 spiro atoms. The highest BCUT2D eigenvalue weighted by Crippen LogP contribution is 2.48. The fourth-order valence-corrected chi connectivity index (χ4v) is 7.32. The average molecular weight is 545 g/mol. The van der Waals surface area contributed by atoms with E-state index in [9.17, 15) is 14.4 Å². The number of carbonyl (C=O) groups excluding carboxylic acids is 1. The molecule has 9 heteroatoms. The van der Waals surface area contributed by atoms with Crippen LogP contribution < -0.4 is 9.64 Å². The second-order valence-corrected chi connectivity index (χ2v) is 11.8. The SMILES string of the molecule is C=CC(=O)N1CCN(c2nc(OCC3CC(F)CN3C)nc3c2CCC2(CCc4ccccc42)C3)CC1CC#N. The fourth-order valence-electron chi connectivity index (χ4n) is 7.32. The van der Waals surface area contributed by atoms with Gasteiger partial charge in [-0.1, -0.05) is 30.8 Å². The Kier molecular flexibility index (Phi) is 7.22. The van der Waals surface area contributed by atoms with Crippen LogP contribution in [0.15, 0.2) is 36.9 Å². The Morgan fingerprint density at radius 3 is 2.83 bits per heavy atom. The molecule has 0 N–H and O–H groups in total. The summed E-state index contributed by atoms with van der Waals surface area (Å²) in [5, 5.41) is 9.49. The van der Waals surface area contributed by atoms with Crippen molar-refractivity contribution in [1.29, 1.82) is 5.26 Å². The summed E-state index contributed by atoms with van der Waals surface area (Å²) in [5.74, 6) is 0.695. The molecule has 1 aromatic carbocycles. The largest absolute Gasteiger partial charge is 0.462 e. The van der Waals surface area contributed by atoms with Crippen molar-refractivity contribution in [3.8, 4) is 12.1 Å². The lowest BCUT2D eigenvalue weighted by Gasteiger charge is -2.42. The number of alkyl halides is 1. The molecule has 2 fully saturated rings. The van der Waals surface area contributed by atoms with E-state index in [1.165, 1.54) is 17.2 Å². The van der Waals surface area contributed by atoms with E-state index in [2.05, 4.69) is 41.8 Å². The number of fused-ring (bicyclic) bond motifs is 3. The molecule has 2 saturated heterocycles. The number of carbonyl (C=O) groups is 1. The molecule has 0 bridgehead atoms. The van der Waals surface area contributed by atoms with Gasteiger partial charge in [-0.15, -0.1) is 0 Å². The molecule has 1 aromatic heterocycles. The number of aryl methyl sites for hydroxylation is 1. The Labute approximate surface area is 235 Å². The van der Waals surface area contributed by atoms with Crippen LogP contribution in [0, 0.1) is 11.3 Å². The van der Waals surface area contributed by atoms with Crippen molar-refractivity contribution in [3.05, 3.63) is 59.3 Å². The third kappa shape index (κ3) is 4.83. The molecule has 0 radical (unpaired) electrons. The first-order chi connectivity index (χ1) is 19.4. The molecule has 6 rings (SSSR count). The predicted molar refractivity (Wildman–Crippen MR) is 150 cm³/mol. The smallest absolute Gasteiger partial charge is 0.318 e. The van der Waals surface area contributed by atoms with Gasteiger partial charge in [0.25, 0.3) is 0 Å². The summed E-state index contributed by atoms with van der Waals surface area (Å²) in [6.45, 7) is 6.00. The van der Waals surface area contributed by atoms with Crippen LogP contribution in [-0.4, -0.2) is 83.8 Å². The zero-order valence-corrected chi connectivity index (χ0v) is 23.2. The van der Waals surface area contributed by atoms with Gasteiger partial charge in [0, 0.05) is 43.2 Å². The highest BCUT2D eigenvalue weighted by atomic mass is 19.1. The summed E-state index contributed by atoms with van der Waals surface area (Å²) in [5.41, 5.74) is 5.10. The normalized spacial score (nSPS) is 27.8. The maximum Gasteiger partial charge on any atom is 0.318 e. The number of benzene rings is 1. The lowest BCUT2D eigenvalue weighted by molar-refractivity contribution is -0.128. The number of halogens is 1. The quantitative estimate of drug-likeness (QED) is 0.516. The number of aromatic nitrogens is 2. The van der Waals surface area contributed by atoms with Gasteiger partial charge >= 0.3 is 6.01 Å². The fraction of sp³-hybridized carbons (Fsp3) is 0.548. The van der Waals surface area contributed by atoms with Crippen molar-refractivity contribution >= 4 is 11.7 Å². The van der Waals surface area contributed by atoms with Crippen molar-refractivity contribution in [2.24, 2.45) is 0 Å². The van der Waals surface area contributed by atoms with Crippen LogP contribution in [0.25, 0.3) is 0 Å². The van der Waals surface area contributed by atoms with Gasteiger partial charge in [-0.2, -0.15) is 15.2 Å². The van der Waals surface area contributed by atoms with E-state index in [0.717, 1.165) is 49.2 Å². The Bertz CT molecular complexity index is 1340. The van der Waals surface area contributed by atoms with Crippen LogP contribution >= 0.6 is 0 Å². The molecule has 4 atom stereocenters. The molecule has 2 aromatic rings. The molecule has 4 unspecified atom stereocenters. The van der Waals surface area contributed by atoms with Crippen LogP contribution in [0.5, 0.6) is 6.01 Å². The molecule has 2 aliphatic heterocycles. The number of piperazine rings is 1. The van der Waals surface area contributed by atoms with E-state index in [1.54, 1.807) is 4.90 Å². The Hall–Kier alpha value is -3.51. The van der Waals surface area contributed by atoms with Gasteiger partial charge in [0.15, 0.2) is 0 Å². The van der Waals surface area contributed by atoms with Gasteiger partial charge in [0.05, 0.1) is 24.2 Å². The molecule has 3 heterocycles. The van der Waals surface area contributed by atoms with Gasteiger partial charge in [0.2, 0.25) is 5.91 Å². The average Bonchev–Trinajstić information content (AvgIpc) is 3.49. The van der Waals surface area contributed by atoms with E-state index in [1.807, 2.05) is 11.9 Å². The lowest BCUT2D eigenvalue weighted by atomic mass is 9.69.